The Morgan fingerprint density at radius 3 is 2.33 bits per heavy atom. The Hall–Kier alpha value is -0.280. The van der Waals surface area contributed by atoms with E-state index in [0.29, 0.717) is 10.0 Å². The summed E-state index contributed by atoms with van der Waals surface area (Å²) < 4.78 is 0. The van der Waals surface area contributed by atoms with Crippen molar-refractivity contribution in [3.05, 3.63) is 33.8 Å². The first-order valence-corrected chi connectivity index (χ1v) is 7.41. The summed E-state index contributed by atoms with van der Waals surface area (Å²) in [6.45, 7) is 10.2. The molecule has 1 unspecified atom stereocenters. The summed E-state index contributed by atoms with van der Waals surface area (Å²) in [6.07, 6.45) is 0. The van der Waals surface area contributed by atoms with Gasteiger partial charge in [0.25, 0.3) is 0 Å². The van der Waals surface area contributed by atoms with E-state index in [9.17, 15) is 0 Å². The van der Waals surface area contributed by atoms with Gasteiger partial charge in [-0.1, -0.05) is 35.3 Å². The number of halogens is 2. The largest absolute Gasteiger partial charge is 0.331 e. The van der Waals surface area contributed by atoms with Crippen molar-refractivity contribution in [3.8, 4) is 0 Å². The van der Waals surface area contributed by atoms with Crippen LogP contribution in [0.25, 0.3) is 0 Å². The molecule has 0 saturated carbocycles. The molecule has 1 rings (SSSR count). The maximum atomic E-state index is 6.20. The topological polar surface area (TPSA) is 8.88 Å². The molecule has 18 heavy (non-hydrogen) atoms. The lowest BCUT2D eigenvalue weighted by atomic mass is 10.2. The molecule has 2 N–H and O–H groups in total. The molecule has 0 amide bonds. The van der Waals surface area contributed by atoms with Crippen LogP contribution in [0.4, 0.5) is 0 Å². The smallest absolute Gasteiger partial charge is 0.127 e. The van der Waals surface area contributed by atoms with Crippen molar-refractivity contribution in [1.82, 2.24) is 0 Å². The number of quaternary nitrogens is 2. The second kappa shape index (κ2) is 8.00. The normalized spacial score (nSPS) is 13.0. The molecule has 0 bridgehead atoms. The fraction of sp³-hybridized carbons (Fsp3) is 0.571. The SMILES string of the molecule is CC[NH+](CC)CC[NH+](C)Cc1cccc(Cl)c1Cl. The van der Waals surface area contributed by atoms with E-state index in [-0.39, 0.29) is 0 Å². The molecular formula is C14H24Cl2N2+2. The third-order valence-electron chi connectivity index (χ3n) is 3.43. The molecule has 0 aliphatic heterocycles. The highest BCUT2D eigenvalue weighted by Crippen LogP contribution is 2.24. The Labute approximate surface area is 120 Å². The molecule has 1 aromatic rings. The molecule has 0 heterocycles. The monoisotopic (exact) mass is 290 g/mol. The fourth-order valence-electron chi connectivity index (χ4n) is 2.09. The van der Waals surface area contributed by atoms with Gasteiger partial charge in [0.15, 0.2) is 0 Å². The summed E-state index contributed by atoms with van der Waals surface area (Å²) in [7, 11) is 2.21. The molecule has 2 nitrogen and oxygen atoms in total. The van der Waals surface area contributed by atoms with Gasteiger partial charge in [0.1, 0.15) is 19.6 Å². The highest BCUT2D eigenvalue weighted by molar-refractivity contribution is 6.42. The zero-order valence-electron chi connectivity index (χ0n) is 11.5. The Bertz CT molecular complexity index is 365. The van der Waals surface area contributed by atoms with Gasteiger partial charge in [0, 0.05) is 5.56 Å². The van der Waals surface area contributed by atoms with E-state index in [0.717, 1.165) is 18.7 Å². The van der Waals surface area contributed by atoms with E-state index in [1.165, 1.54) is 24.5 Å². The second-order valence-electron chi connectivity index (χ2n) is 4.80. The molecule has 0 radical (unpaired) electrons. The van der Waals surface area contributed by atoms with Crippen molar-refractivity contribution in [2.45, 2.75) is 20.4 Å². The van der Waals surface area contributed by atoms with Gasteiger partial charge in [-0.25, -0.2) is 0 Å². The number of hydrogen-bond acceptors (Lipinski definition) is 0. The number of hydrogen-bond donors (Lipinski definition) is 2. The zero-order valence-corrected chi connectivity index (χ0v) is 13.0. The summed E-state index contributed by atoms with van der Waals surface area (Å²) in [6, 6.07) is 5.86. The number of nitrogens with one attached hydrogen (secondary N) is 2. The molecule has 0 saturated heterocycles. The molecule has 0 aromatic heterocycles. The fourth-order valence-corrected chi connectivity index (χ4v) is 2.48. The summed E-state index contributed by atoms with van der Waals surface area (Å²) in [5.74, 6) is 0. The number of rotatable bonds is 7. The third-order valence-corrected chi connectivity index (χ3v) is 4.29. The van der Waals surface area contributed by atoms with Crippen LogP contribution in [-0.4, -0.2) is 33.2 Å². The van der Waals surface area contributed by atoms with Crippen LogP contribution in [-0.2, 0) is 6.54 Å². The van der Waals surface area contributed by atoms with E-state index in [2.05, 4.69) is 27.0 Å². The van der Waals surface area contributed by atoms with Crippen LogP contribution >= 0.6 is 23.2 Å². The van der Waals surface area contributed by atoms with E-state index in [4.69, 9.17) is 23.2 Å². The number of benzene rings is 1. The van der Waals surface area contributed by atoms with E-state index in [1.807, 2.05) is 12.1 Å². The van der Waals surface area contributed by atoms with Gasteiger partial charge >= 0.3 is 0 Å². The van der Waals surface area contributed by atoms with Gasteiger partial charge in [-0.15, -0.1) is 0 Å². The van der Waals surface area contributed by atoms with Gasteiger partial charge in [-0.3, -0.25) is 0 Å². The van der Waals surface area contributed by atoms with Crippen molar-refractivity contribution in [2.75, 3.05) is 33.2 Å². The van der Waals surface area contributed by atoms with E-state index < -0.39 is 0 Å². The molecule has 1 aromatic carbocycles. The van der Waals surface area contributed by atoms with Crippen LogP contribution in [0.2, 0.25) is 10.0 Å². The van der Waals surface area contributed by atoms with Crippen molar-refractivity contribution in [1.29, 1.82) is 0 Å². The van der Waals surface area contributed by atoms with Gasteiger partial charge in [-0.05, 0) is 19.9 Å². The predicted molar refractivity (Wildman–Crippen MR) is 78.8 cm³/mol. The van der Waals surface area contributed by atoms with Crippen molar-refractivity contribution in [3.63, 3.8) is 0 Å². The Balaban J connectivity index is 2.49. The van der Waals surface area contributed by atoms with Gasteiger partial charge in [-0.2, -0.15) is 0 Å². The van der Waals surface area contributed by atoms with Crippen molar-refractivity contribution in [2.24, 2.45) is 0 Å². The van der Waals surface area contributed by atoms with Crippen LogP contribution in [0.15, 0.2) is 18.2 Å². The summed E-state index contributed by atoms with van der Waals surface area (Å²) in [5.41, 5.74) is 1.14. The molecule has 0 fully saturated rings. The minimum absolute atomic E-state index is 0.649. The third kappa shape index (κ3) is 4.77. The second-order valence-corrected chi connectivity index (χ2v) is 5.59. The quantitative estimate of drug-likeness (QED) is 0.740. The van der Waals surface area contributed by atoms with Crippen molar-refractivity contribution < 1.29 is 9.80 Å². The summed E-state index contributed by atoms with van der Waals surface area (Å²) >= 11 is 12.2. The predicted octanol–water partition coefficient (Wildman–Crippen LogP) is 0.933. The maximum Gasteiger partial charge on any atom is 0.127 e. The minimum atomic E-state index is 0.649. The zero-order chi connectivity index (χ0) is 13.5. The first-order chi connectivity index (χ1) is 8.58. The van der Waals surface area contributed by atoms with Crippen LogP contribution in [0, 0.1) is 0 Å². The lowest BCUT2D eigenvalue weighted by Gasteiger charge is -2.19. The average Bonchev–Trinajstić information content (AvgIpc) is 2.36. The Morgan fingerprint density at radius 1 is 1.06 bits per heavy atom. The Kier molecular flexibility index (Phi) is 7.02. The van der Waals surface area contributed by atoms with Gasteiger partial charge in [0.05, 0.1) is 30.2 Å². The van der Waals surface area contributed by atoms with E-state index in [1.54, 1.807) is 4.90 Å². The number of likely N-dealkylation sites (N-methyl/N-ethyl adjacent to an activating group) is 2. The highest BCUT2D eigenvalue weighted by atomic mass is 35.5. The molecular weight excluding hydrogens is 267 g/mol. The molecule has 0 aliphatic rings. The van der Waals surface area contributed by atoms with Crippen LogP contribution in [0.5, 0.6) is 0 Å². The standard InChI is InChI=1S/C14H22Cl2N2/c1-4-18(5-2)10-9-17(3)11-12-7-6-8-13(15)14(12)16/h6-8H,4-5,9-11H2,1-3H3/p+2. The molecule has 0 aliphatic carbocycles. The lowest BCUT2D eigenvalue weighted by Crippen LogP contribution is -3.18. The summed E-state index contributed by atoms with van der Waals surface area (Å²) in [4.78, 5) is 3.12. The molecule has 0 spiro atoms. The molecule has 1 atom stereocenters. The maximum absolute atomic E-state index is 6.20. The molecule has 102 valence electrons. The van der Waals surface area contributed by atoms with Crippen LogP contribution < -0.4 is 9.80 Å². The lowest BCUT2D eigenvalue weighted by molar-refractivity contribution is -0.953. The van der Waals surface area contributed by atoms with Crippen LogP contribution in [0.1, 0.15) is 19.4 Å². The Morgan fingerprint density at radius 2 is 1.72 bits per heavy atom. The van der Waals surface area contributed by atoms with E-state index >= 15 is 0 Å². The average molecular weight is 291 g/mol. The van der Waals surface area contributed by atoms with Gasteiger partial charge < -0.3 is 9.80 Å². The first-order valence-electron chi connectivity index (χ1n) is 6.66. The first kappa shape index (κ1) is 15.8. The van der Waals surface area contributed by atoms with Crippen molar-refractivity contribution >= 4 is 23.2 Å². The minimum Gasteiger partial charge on any atom is -0.331 e. The van der Waals surface area contributed by atoms with Crippen LogP contribution in [0.3, 0.4) is 0 Å². The van der Waals surface area contributed by atoms with Gasteiger partial charge in [0.2, 0.25) is 0 Å². The summed E-state index contributed by atoms with van der Waals surface area (Å²) in [5, 5.41) is 1.35. The highest BCUT2D eigenvalue weighted by Gasteiger charge is 2.12. The molecule has 4 heteroatoms.